The van der Waals surface area contributed by atoms with Crippen molar-refractivity contribution < 1.29 is 4.79 Å². The molecule has 3 heteroatoms. The van der Waals surface area contributed by atoms with Crippen molar-refractivity contribution >= 4 is 6.41 Å². The maximum Gasteiger partial charge on any atom is 0.209 e. The molecule has 0 bridgehead atoms. The lowest BCUT2D eigenvalue weighted by atomic mass is 9.76. The molecule has 0 aromatic rings. The quantitative estimate of drug-likeness (QED) is 0.634. The summed E-state index contributed by atoms with van der Waals surface area (Å²) in [5.74, 6) is 0. The summed E-state index contributed by atoms with van der Waals surface area (Å²) in [5.41, 5.74) is 0.447. The Morgan fingerprint density at radius 3 is 2.29 bits per heavy atom. The first kappa shape index (κ1) is 11.5. The van der Waals surface area contributed by atoms with Crippen molar-refractivity contribution in [1.82, 2.24) is 9.80 Å². The Labute approximate surface area is 87.1 Å². The number of likely N-dealkylation sites (tertiary alicyclic amines) is 1. The summed E-state index contributed by atoms with van der Waals surface area (Å²) in [5, 5.41) is 0. The SMILES string of the molecule is CCC1(CN(C)C)CCN(C=O)CC1. The lowest BCUT2D eigenvalue weighted by Crippen LogP contribution is -2.44. The molecule has 1 fully saturated rings. The zero-order valence-corrected chi connectivity index (χ0v) is 9.62. The summed E-state index contributed by atoms with van der Waals surface area (Å²) in [7, 11) is 4.26. The third kappa shape index (κ3) is 2.71. The van der Waals surface area contributed by atoms with Crippen molar-refractivity contribution in [2.45, 2.75) is 26.2 Å². The molecule has 1 rings (SSSR count). The van der Waals surface area contributed by atoms with Gasteiger partial charge in [0, 0.05) is 19.6 Å². The second kappa shape index (κ2) is 4.78. The molecule has 1 saturated heterocycles. The smallest absolute Gasteiger partial charge is 0.209 e. The summed E-state index contributed by atoms with van der Waals surface area (Å²) >= 11 is 0. The van der Waals surface area contributed by atoms with Crippen LogP contribution in [-0.2, 0) is 4.79 Å². The zero-order valence-electron chi connectivity index (χ0n) is 9.62. The lowest BCUT2D eigenvalue weighted by Gasteiger charge is -2.41. The molecule has 0 aromatic heterocycles. The average Bonchev–Trinajstić information content (AvgIpc) is 2.18. The summed E-state index contributed by atoms with van der Waals surface area (Å²) in [6.45, 7) is 5.28. The summed E-state index contributed by atoms with van der Waals surface area (Å²) in [6, 6.07) is 0. The van der Waals surface area contributed by atoms with E-state index < -0.39 is 0 Å². The van der Waals surface area contributed by atoms with Crippen LogP contribution in [0.15, 0.2) is 0 Å². The first-order valence-electron chi connectivity index (χ1n) is 5.46. The Hall–Kier alpha value is -0.570. The van der Waals surface area contributed by atoms with Crippen molar-refractivity contribution in [2.75, 3.05) is 33.7 Å². The van der Waals surface area contributed by atoms with Crippen LogP contribution in [0.1, 0.15) is 26.2 Å². The molecule has 14 heavy (non-hydrogen) atoms. The number of hydrogen-bond acceptors (Lipinski definition) is 2. The number of carbonyl (C=O) groups excluding carboxylic acids is 1. The molecular formula is C11H22N2O. The van der Waals surface area contributed by atoms with Crippen LogP contribution in [0.4, 0.5) is 0 Å². The van der Waals surface area contributed by atoms with Crippen LogP contribution in [0.2, 0.25) is 0 Å². The van der Waals surface area contributed by atoms with Gasteiger partial charge in [-0.05, 0) is 38.8 Å². The highest BCUT2D eigenvalue weighted by atomic mass is 16.1. The van der Waals surface area contributed by atoms with Crippen molar-refractivity contribution in [3.05, 3.63) is 0 Å². The average molecular weight is 198 g/mol. The molecule has 3 nitrogen and oxygen atoms in total. The highest BCUT2D eigenvalue weighted by Crippen LogP contribution is 2.34. The van der Waals surface area contributed by atoms with Gasteiger partial charge < -0.3 is 9.80 Å². The number of amides is 1. The fourth-order valence-corrected chi connectivity index (χ4v) is 2.40. The minimum Gasteiger partial charge on any atom is -0.345 e. The number of nitrogens with zero attached hydrogens (tertiary/aromatic N) is 2. The van der Waals surface area contributed by atoms with Crippen LogP contribution in [0, 0.1) is 5.41 Å². The first-order chi connectivity index (χ1) is 6.62. The van der Waals surface area contributed by atoms with Gasteiger partial charge in [-0.3, -0.25) is 4.79 Å². The summed E-state index contributed by atoms with van der Waals surface area (Å²) in [4.78, 5) is 14.8. The van der Waals surface area contributed by atoms with Crippen LogP contribution in [-0.4, -0.2) is 49.9 Å². The molecule has 0 saturated carbocycles. The van der Waals surface area contributed by atoms with Crippen LogP contribution in [0.5, 0.6) is 0 Å². The van der Waals surface area contributed by atoms with Gasteiger partial charge in [0.25, 0.3) is 0 Å². The van der Waals surface area contributed by atoms with E-state index in [1.165, 1.54) is 6.42 Å². The Balaban J connectivity index is 2.51. The highest BCUT2D eigenvalue weighted by Gasteiger charge is 2.32. The normalized spacial score (nSPS) is 21.3. The maximum atomic E-state index is 10.6. The molecule has 1 heterocycles. The van der Waals surface area contributed by atoms with Crippen LogP contribution in [0.25, 0.3) is 0 Å². The number of rotatable bonds is 4. The van der Waals surface area contributed by atoms with Gasteiger partial charge in [-0.1, -0.05) is 6.92 Å². The summed E-state index contributed by atoms with van der Waals surface area (Å²) in [6.07, 6.45) is 4.51. The highest BCUT2D eigenvalue weighted by molar-refractivity contribution is 5.47. The maximum absolute atomic E-state index is 10.6. The second-order valence-electron chi connectivity index (χ2n) is 4.73. The minimum absolute atomic E-state index is 0.447. The fraction of sp³-hybridized carbons (Fsp3) is 0.909. The topological polar surface area (TPSA) is 23.6 Å². The Bertz CT molecular complexity index is 184. The number of piperidine rings is 1. The van der Waals surface area contributed by atoms with Crippen molar-refractivity contribution in [2.24, 2.45) is 5.41 Å². The molecule has 0 aromatic carbocycles. The van der Waals surface area contributed by atoms with Crippen molar-refractivity contribution in [1.29, 1.82) is 0 Å². The van der Waals surface area contributed by atoms with E-state index in [0.717, 1.165) is 38.9 Å². The van der Waals surface area contributed by atoms with E-state index in [1.54, 1.807) is 0 Å². The van der Waals surface area contributed by atoms with Gasteiger partial charge in [-0.2, -0.15) is 0 Å². The van der Waals surface area contributed by atoms with Gasteiger partial charge in [-0.15, -0.1) is 0 Å². The summed E-state index contributed by atoms with van der Waals surface area (Å²) < 4.78 is 0. The van der Waals surface area contributed by atoms with Gasteiger partial charge in [-0.25, -0.2) is 0 Å². The van der Waals surface area contributed by atoms with Gasteiger partial charge in [0.1, 0.15) is 0 Å². The molecule has 0 radical (unpaired) electrons. The predicted octanol–water partition coefficient (Wildman–Crippen LogP) is 1.20. The van der Waals surface area contributed by atoms with E-state index >= 15 is 0 Å². The Morgan fingerprint density at radius 2 is 1.93 bits per heavy atom. The predicted molar refractivity (Wildman–Crippen MR) is 58.1 cm³/mol. The minimum atomic E-state index is 0.447. The van der Waals surface area contributed by atoms with Gasteiger partial charge in [0.2, 0.25) is 6.41 Å². The molecule has 1 aliphatic rings. The molecule has 0 atom stereocenters. The van der Waals surface area contributed by atoms with Crippen LogP contribution < -0.4 is 0 Å². The molecule has 0 unspecified atom stereocenters. The molecule has 1 aliphatic heterocycles. The third-order valence-corrected chi connectivity index (χ3v) is 3.41. The first-order valence-corrected chi connectivity index (χ1v) is 5.46. The van der Waals surface area contributed by atoms with Crippen molar-refractivity contribution in [3.63, 3.8) is 0 Å². The lowest BCUT2D eigenvalue weighted by molar-refractivity contribution is -0.120. The molecule has 1 amide bonds. The Morgan fingerprint density at radius 1 is 1.36 bits per heavy atom. The number of carbonyl (C=O) groups is 1. The van der Waals surface area contributed by atoms with Gasteiger partial charge >= 0.3 is 0 Å². The second-order valence-corrected chi connectivity index (χ2v) is 4.73. The van der Waals surface area contributed by atoms with E-state index in [0.29, 0.717) is 5.41 Å². The standard InChI is InChI=1S/C11H22N2O/c1-4-11(9-12(2)3)5-7-13(10-14)8-6-11/h10H,4-9H2,1-3H3. The molecule has 0 N–H and O–H groups in total. The van der Waals surface area contributed by atoms with Gasteiger partial charge in [0.15, 0.2) is 0 Å². The number of hydrogen-bond donors (Lipinski definition) is 0. The van der Waals surface area contributed by atoms with E-state index in [1.807, 2.05) is 4.90 Å². The van der Waals surface area contributed by atoms with Crippen molar-refractivity contribution in [3.8, 4) is 0 Å². The molecule has 82 valence electrons. The molecule has 0 aliphatic carbocycles. The molecule has 0 spiro atoms. The van der Waals surface area contributed by atoms with Crippen LogP contribution in [0.3, 0.4) is 0 Å². The molecular weight excluding hydrogens is 176 g/mol. The fourth-order valence-electron chi connectivity index (χ4n) is 2.40. The van der Waals surface area contributed by atoms with E-state index in [2.05, 4.69) is 25.9 Å². The van der Waals surface area contributed by atoms with E-state index in [4.69, 9.17) is 0 Å². The van der Waals surface area contributed by atoms with E-state index in [-0.39, 0.29) is 0 Å². The van der Waals surface area contributed by atoms with Gasteiger partial charge in [0.05, 0.1) is 0 Å². The largest absolute Gasteiger partial charge is 0.345 e. The van der Waals surface area contributed by atoms with E-state index in [9.17, 15) is 4.79 Å². The zero-order chi connectivity index (χ0) is 10.6. The Kier molecular flexibility index (Phi) is 3.93. The third-order valence-electron chi connectivity index (χ3n) is 3.41. The monoisotopic (exact) mass is 198 g/mol. The van der Waals surface area contributed by atoms with Crippen LogP contribution >= 0.6 is 0 Å².